The van der Waals surface area contributed by atoms with Crippen molar-refractivity contribution in [2.45, 2.75) is 13.8 Å². The highest BCUT2D eigenvalue weighted by Gasteiger charge is 2.18. The van der Waals surface area contributed by atoms with Crippen LogP contribution in [0.3, 0.4) is 0 Å². The number of hydrogen-bond donors (Lipinski definition) is 1. The predicted octanol–water partition coefficient (Wildman–Crippen LogP) is 3.08. The van der Waals surface area contributed by atoms with Crippen LogP contribution in [0.5, 0.6) is 0 Å². The van der Waals surface area contributed by atoms with Crippen LogP contribution in [0.15, 0.2) is 17.5 Å². The molecule has 0 saturated heterocycles. The first-order valence-electron chi connectivity index (χ1n) is 6.50. The number of carbonyl (C=O) groups is 2. The molecule has 0 unspecified atom stereocenters. The van der Waals surface area contributed by atoms with Gasteiger partial charge in [-0.2, -0.15) is 5.26 Å². The Hall–Kier alpha value is -2.43. The van der Waals surface area contributed by atoms with Gasteiger partial charge in [0.15, 0.2) is 6.61 Å². The van der Waals surface area contributed by atoms with Gasteiger partial charge in [-0.25, -0.2) is 9.78 Å². The molecular weight excluding hydrogens is 338 g/mol. The SMILES string of the molecule is Cc1cc(C)c(C(=O)OCC(=O)Nc2sccc2C#N)c(Cl)n1. The molecule has 0 fully saturated rings. The number of carbonyl (C=O) groups excluding carboxylic acids is 2. The summed E-state index contributed by atoms with van der Waals surface area (Å²) < 4.78 is 4.96. The zero-order valence-corrected chi connectivity index (χ0v) is 13.9. The molecule has 2 aromatic rings. The fourth-order valence-electron chi connectivity index (χ4n) is 1.90. The van der Waals surface area contributed by atoms with E-state index < -0.39 is 18.5 Å². The molecule has 0 bridgehead atoms. The summed E-state index contributed by atoms with van der Waals surface area (Å²) in [5.74, 6) is -1.26. The molecule has 0 spiro atoms. The highest BCUT2D eigenvalue weighted by atomic mass is 35.5. The van der Waals surface area contributed by atoms with Crippen molar-refractivity contribution in [2.75, 3.05) is 11.9 Å². The van der Waals surface area contributed by atoms with Gasteiger partial charge in [0.05, 0.1) is 11.1 Å². The number of esters is 1. The van der Waals surface area contributed by atoms with Gasteiger partial charge in [-0.3, -0.25) is 4.79 Å². The maximum atomic E-state index is 12.1. The molecule has 0 aliphatic heterocycles. The second-order valence-electron chi connectivity index (χ2n) is 4.65. The van der Waals surface area contributed by atoms with Crippen molar-refractivity contribution in [3.8, 4) is 6.07 Å². The molecule has 2 rings (SSSR count). The number of thiophene rings is 1. The minimum atomic E-state index is -0.721. The van der Waals surface area contributed by atoms with Gasteiger partial charge in [0.1, 0.15) is 16.2 Å². The topological polar surface area (TPSA) is 92.1 Å². The molecule has 8 heteroatoms. The van der Waals surface area contributed by atoms with Crippen molar-refractivity contribution < 1.29 is 14.3 Å². The first-order valence-corrected chi connectivity index (χ1v) is 7.76. The second kappa shape index (κ2) is 7.22. The van der Waals surface area contributed by atoms with E-state index in [4.69, 9.17) is 21.6 Å². The van der Waals surface area contributed by atoms with Gasteiger partial charge in [-0.05, 0) is 36.9 Å². The van der Waals surface area contributed by atoms with Crippen molar-refractivity contribution in [3.63, 3.8) is 0 Å². The third-order valence-electron chi connectivity index (χ3n) is 2.88. The number of nitrogens with zero attached hydrogens (tertiary/aromatic N) is 2. The quantitative estimate of drug-likeness (QED) is 0.676. The maximum Gasteiger partial charge on any atom is 0.342 e. The molecule has 2 aromatic heterocycles. The smallest absolute Gasteiger partial charge is 0.342 e. The van der Waals surface area contributed by atoms with Crippen LogP contribution in [-0.2, 0) is 9.53 Å². The molecule has 0 saturated carbocycles. The molecule has 0 atom stereocenters. The highest BCUT2D eigenvalue weighted by Crippen LogP contribution is 2.22. The number of amides is 1. The van der Waals surface area contributed by atoms with Gasteiger partial charge in [0.2, 0.25) is 0 Å². The van der Waals surface area contributed by atoms with Gasteiger partial charge in [-0.1, -0.05) is 11.6 Å². The van der Waals surface area contributed by atoms with Crippen molar-refractivity contribution in [1.82, 2.24) is 4.98 Å². The number of halogens is 1. The summed E-state index contributed by atoms with van der Waals surface area (Å²) in [5.41, 5.74) is 1.80. The number of rotatable bonds is 4. The van der Waals surface area contributed by atoms with Gasteiger partial charge < -0.3 is 10.1 Å². The van der Waals surface area contributed by atoms with Crippen molar-refractivity contribution in [2.24, 2.45) is 0 Å². The van der Waals surface area contributed by atoms with E-state index in [1.54, 1.807) is 31.4 Å². The minimum Gasteiger partial charge on any atom is -0.452 e. The van der Waals surface area contributed by atoms with Crippen LogP contribution in [0, 0.1) is 25.2 Å². The molecule has 6 nitrogen and oxygen atoms in total. The van der Waals surface area contributed by atoms with Crippen LogP contribution >= 0.6 is 22.9 Å². The largest absolute Gasteiger partial charge is 0.452 e. The lowest BCUT2D eigenvalue weighted by Crippen LogP contribution is -2.21. The van der Waals surface area contributed by atoms with Crippen molar-refractivity contribution in [1.29, 1.82) is 5.26 Å². The number of hydrogen-bond acceptors (Lipinski definition) is 6. The summed E-state index contributed by atoms with van der Waals surface area (Å²) in [5, 5.41) is 13.5. The van der Waals surface area contributed by atoms with E-state index in [1.807, 2.05) is 6.07 Å². The molecule has 0 radical (unpaired) electrons. The summed E-state index contributed by atoms with van der Waals surface area (Å²) in [7, 11) is 0. The molecule has 1 N–H and O–H groups in total. The number of ether oxygens (including phenoxy) is 1. The number of nitriles is 1. The van der Waals surface area contributed by atoms with Crippen molar-refractivity contribution in [3.05, 3.63) is 45.1 Å². The molecule has 0 aliphatic carbocycles. The number of pyridine rings is 1. The Morgan fingerprint density at radius 2 is 2.22 bits per heavy atom. The van der Waals surface area contributed by atoms with Gasteiger partial charge in [-0.15, -0.1) is 11.3 Å². The molecular formula is C15H12ClN3O3S. The van der Waals surface area contributed by atoms with E-state index in [0.717, 1.165) is 0 Å². The second-order valence-corrected chi connectivity index (χ2v) is 5.92. The molecule has 2 heterocycles. The summed E-state index contributed by atoms with van der Waals surface area (Å²) in [6.45, 7) is 2.99. The number of nitrogens with one attached hydrogen (secondary N) is 1. The first kappa shape index (κ1) is 16.9. The summed E-state index contributed by atoms with van der Waals surface area (Å²) in [6.07, 6.45) is 0. The average Bonchev–Trinajstić information content (AvgIpc) is 2.91. The standard InChI is InChI=1S/C15H12ClN3O3S/c1-8-5-9(2)18-13(16)12(8)15(21)22-7-11(20)19-14-10(6-17)3-4-23-14/h3-5H,7H2,1-2H3,(H,19,20). The van der Waals surface area contributed by atoms with Gasteiger partial charge in [0.25, 0.3) is 5.91 Å². The van der Waals surface area contributed by atoms with E-state index in [-0.39, 0.29) is 10.7 Å². The van der Waals surface area contributed by atoms with E-state index in [1.165, 1.54) is 11.3 Å². The van der Waals surface area contributed by atoms with E-state index >= 15 is 0 Å². The number of aromatic nitrogens is 1. The third kappa shape index (κ3) is 4.06. The molecule has 1 amide bonds. The monoisotopic (exact) mass is 349 g/mol. The molecule has 118 valence electrons. The Balaban J connectivity index is 2.00. The van der Waals surface area contributed by atoms with Crippen LogP contribution in [0.1, 0.15) is 27.2 Å². The van der Waals surface area contributed by atoms with E-state index in [0.29, 0.717) is 21.8 Å². The number of anilines is 1. The van der Waals surface area contributed by atoms with E-state index in [9.17, 15) is 9.59 Å². The zero-order chi connectivity index (χ0) is 17.0. The average molecular weight is 350 g/mol. The van der Waals surface area contributed by atoms with Gasteiger partial charge >= 0.3 is 5.97 Å². The van der Waals surface area contributed by atoms with E-state index in [2.05, 4.69) is 10.3 Å². The first-order chi connectivity index (χ1) is 10.9. The van der Waals surface area contributed by atoms with Crippen LogP contribution < -0.4 is 5.32 Å². The molecule has 0 aromatic carbocycles. The fraction of sp³-hybridized carbons (Fsp3) is 0.200. The zero-order valence-electron chi connectivity index (χ0n) is 12.3. The van der Waals surface area contributed by atoms with Crippen LogP contribution in [0.4, 0.5) is 5.00 Å². The van der Waals surface area contributed by atoms with Crippen LogP contribution in [0.25, 0.3) is 0 Å². The Bertz CT molecular complexity index is 788. The summed E-state index contributed by atoms with van der Waals surface area (Å²) in [6, 6.07) is 5.25. The highest BCUT2D eigenvalue weighted by molar-refractivity contribution is 7.14. The lowest BCUT2D eigenvalue weighted by atomic mass is 10.1. The summed E-state index contributed by atoms with van der Waals surface area (Å²) in [4.78, 5) is 27.8. The van der Waals surface area contributed by atoms with Gasteiger partial charge in [0, 0.05) is 5.69 Å². The Morgan fingerprint density at radius 3 is 2.87 bits per heavy atom. The lowest BCUT2D eigenvalue weighted by molar-refractivity contribution is -0.119. The lowest BCUT2D eigenvalue weighted by Gasteiger charge is -2.09. The number of aryl methyl sites for hydroxylation is 2. The van der Waals surface area contributed by atoms with Crippen LogP contribution in [-0.4, -0.2) is 23.5 Å². The van der Waals surface area contributed by atoms with Crippen LogP contribution in [0.2, 0.25) is 5.15 Å². The minimum absolute atomic E-state index is 0.0398. The maximum absolute atomic E-state index is 12.1. The Kier molecular flexibility index (Phi) is 5.32. The third-order valence-corrected chi connectivity index (χ3v) is 3.98. The fourth-order valence-corrected chi connectivity index (χ4v) is 3.01. The molecule has 0 aliphatic rings. The summed E-state index contributed by atoms with van der Waals surface area (Å²) >= 11 is 7.17. The molecule has 23 heavy (non-hydrogen) atoms. The normalized spacial score (nSPS) is 10.0. The predicted molar refractivity (Wildman–Crippen MR) is 86.7 cm³/mol. The Labute approximate surface area is 141 Å². The Morgan fingerprint density at radius 1 is 1.48 bits per heavy atom. The van der Waals surface area contributed by atoms with Crippen molar-refractivity contribution >= 4 is 39.8 Å².